The number of ether oxygens (including phenoxy) is 4. The van der Waals surface area contributed by atoms with Crippen LogP contribution in [0.4, 0.5) is 0 Å². The second-order valence-electron chi connectivity index (χ2n) is 8.58. The van der Waals surface area contributed by atoms with Gasteiger partial charge >= 0.3 is 0 Å². The van der Waals surface area contributed by atoms with Crippen molar-refractivity contribution in [3.05, 3.63) is 66.7 Å². The van der Waals surface area contributed by atoms with Gasteiger partial charge in [0.15, 0.2) is 17.2 Å². The third-order valence-corrected chi connectivity index (χ3v) is 6.26. The number of para-hydroxylation sites is 1. The molecule has 0 fully saturated rings. The van der Waals surface area contributed by atoms with Crippen LogP contribution >= 0.6 is 0 Å². The minimum atomic E-state index is 0.0874. The normalized spacial score (nSPS) is 12.9. The Hall–Kier alpha value is -4.73. The van der Waals surface area contributed by atoms with E-state index in [0.29, 0.717) is 53.7 Å². The van der Waals surface area contributed by atoms with Crippen molar-refractivity contribution >= 4 is 10.9 Å². The number of nitrogens with zero attached hydrogens (tertiary/aromatic N) is 5. The molecule has 37 heavy (non-hydrogen) atoms. The van der Waals surface area contributed by atoms with Crippen LogP contribution in [0.25, 0.3) is 27.8 Å². The van der Waals surface area contributed by atoms with Crippen LogP contribution in [0.2, 0.25) is 0 Å². The van der Waals surface area contributed by atoms with Crippen molar-refractivity contribution in [3.63, 3.8) is 0 Å². The van der Waals surface area contributed by atoms with Crippen molar-refractivity contribution in [2.75, 3.05) is 27.4 Å². The summed E-state index contributed by atoms with van der Waals surface area (Å²) < 4.78 is 25.8. The highest BCUT2D eigenvalue weighted by Gasteiger charge is 2.17. The molecule has 0 atom stereocenters. The molecule has 1 N–H and O–H groups in total. The van der Waals surface area contributed by atoms with E-state index in [9.17, 15) is 5.11 Å². The van der Waals surface area contributed by atoms with Crippen LogP contribution in [0.3, 0.4) is 0 Å². The van der Waals surface area contributed by atoms with Gasteiger partial charge in [-0.2, -0.15) is 5.10 Å². The van der Waals surface area contributed by atoms with Gasteiger partial charge in [0.05, 0.1) is 62.5 Å². The van der Waals surface area contributed by atoms with Gasteiger partial charge in [0.2, 0.25) is 5.88 Å². The van der Waals surface area contributed by atoms with Crippen molar-refractivity contribution < 1.29 is 24.1 Å². The molecule has 0 unspecified atom stereocenters. The summed E-state index contributed by atoms with van der Waals surface area (Å²) in [6.45, 7) is 1.76. The third kappa shape index (κ3) is 4.16. The van der Waals surface area contributed by atoms with E-state index >= 15 is 0 Å². The van der Waals surface area contributed by atoms with E-state index in [-0.39, 0.29) is 5.88 Å². The molecule has 1 aromatic carbocycles. The average molecular weight is 500 g/mol. The van der Waals surface area contributed by atoms with Gasteiger partial charge in [-0.1, -0.05) is 12.1 Å². The highest BCUT2D eigenvalue weighted by atomic mass is 16.5. The average Bonchev–Trinajstić information content (AvgIpc) is 3.43. The Bertz CT molecular complexity index is 1590. The number of hydrogen-bond acceptors (Lipinski definition) is 8. The maximum Gasteiger partial charge on any atom is 0.256 e. The van der Waals surface area contributed by atoms with Crippen molar-refractivity contribution in [1.82, 2.24) is 24.3 Å². The van der Waals surface area contributed by atoms with Crippen LogP contribution in [0.1, 0.15) is 12.0 Å². The summed E-state index contributed by atoms with van der Waals surface area (Å²) in [7, 11) is 3.10. The second-order valence-corrected chi connectivity index (χ2v) is 8.58. The standard InChI is InChI=1S/C27H25N5O5/c1-34-24-11-18(12-28-26(24)35-2)21-8-7-20-22(30-21)16-32(27(20)33)19-13-29-31(15-19)14-17-5-3-6-23-25(17)37-10-4-9-36-23/h3,5-8,11-13,15-16,33H,4,9-10,14H2,1-2H3. The molecular weight excluding hydrogens is 474 g/mol. The van der Waals surface area contributed by atoms with Crippen LogP contribution in [0, 0.1) is 0 Å². The molecule has 0 saturated carbocycles. The molecule has 0 amide bonds. The SMILES string of the molecule is COc1cc(-c2ccc3c(O)n(-c4cnn(Cc5cccc6c5OCCCO6)c4)cc3n2)cnc1OC. The van der Waals surface area contributed by atoms with Crippen molar-refractivity contribution in [3.8, 4) is 46.0 Å². The fourth-order valence-electron chi connectivity index (χ4n) is 4.42. The van der Waals surface area contributed by atoms with Gasteiger partial charge in [0.1, 0.15) is 0 Å². The van der Waals surface area contributed by atoms with E-state index in [4.69, 9.17) is 23.9 Å². The topological polar surface area (TPSA) is 106 Å². The van der Waals surface area contributed by atoms with E-state index in [1.165, 1.54) is 0 Å². The molecule has 0 radical (unpaired) electrons. The van der Waals surface area contributed by atoms with E-state index < -0.39 is 0 Å². The van der Waals surface area contributed by atoms with Crippen LogP contribution in [-0.4, -0.2) is 56.9 Å². The monoisotopic (exact) mass is 499 g/mol. The molecule has 0 bridgehead atoms. The number of aromatic hydroxyl groups is 1. The Morgan fingerprint density at radius 3 is 2.78 bits per heavy atom. The summed E-state index contributed by atoms with van der Waals surface area (Å²) in [4.78, 5) is 9.03. The lowest BCUT2D eigenvalue weighted by Gasteiger charge is -2.12. The molecule has 5 aromatic rings. The summed E-state index contributed by atoms with van der Waals surface area (Å²) >= 11 is 0. The van der Waals surface area contributed by atoms with Crippen LogP contribution in [0.5, 0.6) is 29.0 Å². The molecule has 4 aromatic heterocycles. The lowest BCUT2D eigenvalue weighted by molar-refractivity contribution is 0.296. The van der Waals surface area contributed by atoms with Gasteiger partial charge in [-0.25, -0.2) is 9.97 Å². The number of pyridine rings is 2. The fraction of sp³-hybridized carbons (Fsp3) is 0.222. The predicted molar refractivity (Wildman–Crippen MR) is 136 cm³/mol. The summed E-state index contributed by atoms with van der Waals surface area (Å²) in [5.74, 6) is 2.52. The molecule has 188 valence electrons. The van der Waals surface area contributed by atoms with Gasteiger partial charge in [-0.15, -0.1) is 0 Å². The molecule has 1 aliphatic rings. The zero-order chi connectivity index (χ0) is 25.4. The summed E-state index contributed by atoms with van der Waals surface area (Å²) in [6, 6.07) is 11.4. The molecule has 0 aliphatic carbocycles. The van der Waals surface area contributed by atoms with E-state index in [1.54, 1.807) is 42.1 Å². The predicted octanol–water partition coefficient (Wildman–Crippen LogP) is 4.22. The zero-order valence-electron chi connectivity index (χ0n) is 20.4. The largest absolute Gasteiger partial charge is 0.494 e. The highest BCUT2D eigenvalue weighted by Crippen LogP contribution is 2.35. The molecular formula is C27H25N5O5. The minimum absolute atomic E-state index is 0.0874. The number of hydrogen-bond donors (Lipinski definition) is 1. The van der Waals surface area contributed by atoms with Gasteiger partial charge in [-0.3, -0.25) is 9.25 Å². The van der Waals surface area contributed by atoms with Crippen LogP contribution < -0.4 is 18.9 Å². The minimum Gasteiger partial charge on any atom is -0.494 e. The number of aromatic nitrogens is 5. The first-order chi connectivity index (χ1) is 18.1. The number of rotatable bonds is 6. The number of methoxy groups -OCH3 is 2. The second kappa shape index (κ2) is 9.38. The van der Waals surface area contributed by atoms with Gasteiger partial charge in [0, 0.05) is 36.1 Å². The molecule has 5 heterocycles. The van der Waals surface area contributed by atoms with E-state index in [2.05, 4.69) is 10.1 Å². The van der Waals surface area contributed by atoms with Crippen molar-refractivity contribution in [2.45, 2.75) is 13.0 Å². The third-order valence-electron chi connectivity index (χ3n) is 6.26. The maximum atomic E-state index is 10.9. The first-order valence-corrected chi connectivity index (χ1v) is 11.8. The van der Waals surface area contributed by atoms with Crippen LogP contribution in [0.15, 0.2) is 61.2 Å². The Kier molecular flexibility index (Phi) is 5.76. The van der Waals surface area contributed by atoms with Gasteiger partial charge in [0.25, 0.3) is 5.88 Å². The smallest absolute Gasteiger partial charge is 0.256 e. The fourth-order valence-corrected chi connectivity index (χ4v) is 4.42. The first kappa shape index (κ1) is 22.7. The lowest BCUT2D eigenvalue weighted by atomic mass is 10.1. The van der Waals surface area contributed by atoms with Crippen molar-refractivity contribution in [2.24, 2.45) is 0 Å². The Labute approximate surface area is 212 Å². The summed E-state index contributed by atoms with van der Waals surface area (Å²) in [6.07, 6.45) is 7.88. The molecule has 10 heteroatoms. The Balaban J connectivity index is 1.30. The highest BCUT2D eigenvalue weighted by molar-refractivity contribution is 5.87. The first-order valence-electron chi connectivity index (χ1n) is 11.8. The van der Waals surface area contributed by atoms with E-state index in [0.717, 1.165) is 29.0 Å². The quantitative estimate of drug-likeness (QED) is 0.370. The molecule has 0 saturated heterocycles. The Morgan fingerprint density at radius 1 is 1.03 bits per heavy atom. The Morgan fingerprint density at radius 2 is 1.92 bits per heavy atom. The maximum absolute atomic E-state index is 10.9. The molecule has 0 spiro atoms. The van der Waals surface area contributed by atoms with Gasteiger partial charge < -0.3 is 24.1 Å². The summed E-state index contributed by atoms with van der Waals surface area (Å²) in [5.41, 5.74) is 3.79. The zero-order valence-corrected chi connectivity index (χ0v) is 20.4. The molecule has 10 nitrogen and oxygen atoms in total. The molecule has 6 rings (SSSR count). The van der Waals surface area contributed by atoms with Crippen LogP contribution in [-0.2, 0) is 6.54 Å². The lowest BCUT2D eigenvalue weighted by Crippen LogP contribution is -2.04. The van der Waals surface area contributed by atoms with Crippen molar-refractivity contribution in [1.29, 1.82) is 0 Å². The molecule has 1 aliphatic heterocycles. The summed E-state index contributed by atoms with van der Waals surface area (Å²) in [5, 5.41) is 16.1. The van der Waals surface area contributed by atoms with E-state index in [1.807, 2.05) is 42.6 Å². The van der Waals surface area contributed by atoms with Gasteiger partial charge in [-0.05, 0) is 24.3 Å². The number of fused-ring (bicyclic) bond motifs is 2. The number of benzene rings is 1.